The van der Waals surface area contributed by atoms with E-state index in [1.165, 1.54) is 11.1 Å². The molecule has 0 saturated heterocycles. The molecule has 2 aromatic rings. The van der Waals surface area contributed by atoms with E-state index in [1.54, 1.807) is 0 Å². The zero-order valence-corrected chi connectivity index (χ0v) is 17.4. The van der Waals surface area contributed by atoms with Gasteiger partial charge in [0, 0.05) is 5.92 Å². The molecule has 0 unspecified atom stereocenters. The van der Waals surface area contributed by atoms with Gasteiger partial charge in [-0.3, -0.25) is 0 Å². The molecule has 0 heterocycles. The van der Waals surface area contributed by atoms with Gasteiger partial charge in [-0.1, -0.05) is 72.7 Å². The molecular weight excluding hydrogens is 320 g/mol. The SMILES string of the molecule is CC(COc1ccc(C(C)(C)C)cc1)COc1ccc(C(C)(C)C)cc1. The third kappa shape index (κ3) is 6.09. The number of ether oxygens (including phenoxy) is 2. The Morgan fingerprint density at radius 1 is 0.615 bits per heavy atom. The molecule has 2 nitrogen and oxygen atoms in total. The van der Waals surface area contributed by atoms with Crippen molar-refractivity contribution in [3.05, 3.63) is 59.7 Å². The van der Waals surface area contributed by atoms with Crippen molar-refractivity contribution >= 4 is 0 Å². The molecule has 0 bridgehead atoms. The summed E-state index contributed by atoms with van der Waals surface area (Å²) in [5.74, 6) is 2.15. The van der Waals surface area contributed by atoms with E-state index in [4.69, 9.17) is 9.47 Å². The van der Waals surface area contributed by atoms with Crippen LogP contribution in [-0.2, 0) is 10.8 Å². The molecule has 2 aromatic carbocycles. The number of rotatable bonds is 6. The Hall–Kier alpha value is -1.96. The summed E-state index contributed by atoms with van der Waals surface area (Å²) >= 11 is 0. The van der Waals surface area contributed by atoms with E-state index in [2.05, 4.69) is 97.0 Å². The van der Waals surface area contributed by atoms with E-state index < -0.39 is 0 Å². The molecule has 0 N–H and O–H groups in total. The maximum Gasteiger partial charge on any atom is 0.119 e. The topological polar surface area (TPSA) is 18.5 Å². The van der Waals surface area contributed by atoms with Gasteiger partial charge in [0.2, 0.25) is 0 Å². The minimum Gasteiger partial charge on any atom is -0.493 e. The fourth-order valence-corrected chi connectivity index (χ4v) is 2.63. The van der Waals surface area contributed by atoms with Gasteiger partial charge in [-0.25, -0.2) is 0 Å². The lowest BCUT2D eigenvalue weighted by Crippen LogP contribution is -2.17. The predicted molar refractivity (Wildman–Crippen MR) is 110 cm³/mol. The molecule has 0 amide bonds. The summed E-state index contributed by atoms with van der Waals surface area (Å²) in [6, 6.07) is 16.8. The van der Waals surface area contributed by atoms with Crippen molar-refractivity contribution in [2.75, 3.05) is 13.2 Å². The minimum absolute atomic E-state index is 0.169. The molecule has 0 fully saturated rings. The lowest BCUT2D eigenvalue weighted by Gasteiger charge is -2.20. The lowest BCUT2D eigenvalue weighted by atomic mass is 9.87. The fourth-order valence-electron chi connectivity index (χ4n) is 2.63. The van der Waals surface area contributed by atoms with Crippen LogP contribution in [0.25, 0.3) is 0 Å². The van der Waals surface area contributed by atoms with Gasteiger partial charge in [-0.15, -0.1) is 0 Å². The summed E-state index contributed by atoms with van der Waals surface area (Å²) < 4.78 is 11.8. The number of hydrogen-bond donors (Lipinski definition) is 0. The highest BCUT2D eigenvalue weighted by Gasteiger charge is 2.14. The third-order valence-corrected chi connectivity index (χ3v) is 4.51. The zero-order chi connectivity index (χ0) is 19.4. The van der Waals surface area contributed by atoms with Crippen molar-refractivity contribution in [2.45, 2.75) is 59.3 Å². The highest BCUT2D eigenvalue weighted by molar-refractivity contribution is 5.32. The zero-order valence-electron chi connectivity index (χ0n) is 17.4. The molecule has 0 aromatic heterocycles. The van der Waals surface area contributed by atoms with Gasteiger partial charge < -0.3 is 9.47 Å². The first-order chi connectivity index (χ1) is 12.1. The molecule has 0 radical (unpaired) electrons. The number of benzene rings is 2. The van der Waals surface area contributed by atoms with E-state index in [-0.39, 0.29) is 10.8 Å². The normalized spacial score (nSPS) is 12.3. The summed E-state index contributed by atoms with van der Waals surface area (Å²) in [4.78, 5) is 0. The lowest BCUT2D eigenvalue weighted by molar-refractivity contribution is 0.188. The standard InChI is InChI=1S/C24H34O2/c1-18(16-25-21-12-8-19(9-13-21)23(2,3)4)17-26-22-14-10-20(11-15-22)24(5,6)7/h8-15,18H,16-17H2,1-7H3. The van der Waals surface area contributed by atoms with Gasteiger partial charge in [0.1, 0.15) is 11.5 Å². The van der Waals surface area contributed by atoms with Crippen LogP contribution >= 0.6 is 0 Å². The van der Waals surface area contributed by atoms with E-state index in [9.17, 15) is 0 Å². The Balaban J connectivity index is 1.79. The third-order valence-electron chi connectivity index (χ3n) is 4.51. The van der Waals surface area contributed by atoms with Gasteiger partial charge in [-0.2, -0.15) is 0 Å². The summed E-state index contributed by atoms with van der Waals surface area (Å²) in [7, 11) is 0. The van der Waals surface area contributed by atoms with E-state index in [1.807, 2.05) is 0 Å². The summed E-state index contributed by atoms with van der Waals surface area (Å²) in [5, 5.41) is 0. The fraction of sp³-hybridized carbons (Fsp3) is 0.500. The van der Waals surface area contributed by atoms with Gasteiger partial charge in [0.15, 0.2) is 0 Å². The van der Waals surface area contributed by atoms with Crippen molar-refractivity contribution in [2.24, 2.45) is 5.92 Å². The summed E-state index contributed by atoms with van der Waals surface area (Å²) in [6.45, 7) is 16.8. The van der Waals surface area contributed by atoms with Crippen LogP contribution in [-0.4, -0.2) is 13.2 Å². The first-order valence-corrected chi connectivity index (χ1v) is 9.52. The molecule has 0 aliphatic heterocycles. The van der Waals surface area contributed by atoms with Crippen LogP contribution in [0.3, 0.4) is 0 Å². The van der Waals surface area contributed by atoms with Crippen LogP contribution < -0.4 is 9.47 Å². The van der Waals surface area contributed by atoms with Crippen LogP contribution in [0.1, 0.15) is 59.6 Å². The van der Waals surface area contributed by atoms with Crippen molar-refractivity contribution in [3.8, 4) is 11.5 Å². The predicted octanol–water partition coefficient (Wildman–Crippen LogP) is 6.38. The quantitative estimate of drug-likeness (QED) is 0.599. The molecule has 0 aliphatic carbocycles. The van der Waals surface area contributed by atoms with Crippen LogP contribution in [0, 0.1) is 5.92 Å². The highest BCUT2D eigenvalue weighted by Crippen LogP contribution is 2.25. The Morgan fingerprint density at radius 3 is 1.19 bits per heavy atom. The van der Waals surface area contributed by atoms with Crippen molar-refractivity contribution in [3.63, 3.8) is 0 Å². The van der Waals surface area contributed by atoms with E-state index >= 15 is 0 Å². The average molecular weight is 355 g/mol. The minimum atomic E-state index is 0.169. The average Bonchev–Trinajstić information content (AvgIpc) is 2.57. The van der Waals surface area contributed by atoms with Crippen molar-refractivity contribution in [1.82, 2.24) is 0 Å². The second-order valence-corrected chi connectivity index (χ2v) is 9.28. The molecule has 0 saturated carbocycles. The Labute approximate surface area is 159 Å². The van der Waals surface area contributed by atoms with Crippen LogP contribution in [0.5, 0.6) is 11.5 Å². The molecule has 0 spiro atoms. The second-order valence-electron chi connectivity index (χ2n) is 9.28. The molecule has 26 heavy (non-hydrogen) atoms. The molecular formula is C24H34O2. The number of hydrogen-bond acceptors (Lipinski definition) is 2. The Morgan fingerprint density at radius 2 is 0.923 bits per heavy atom. The van der Waals surface area contributed by atoms with Crippen LogP contribution in [0.2, 0.25) is 0 Å². The molecule has 142 valence electrons. The van der Waals surface area contributed by atoms with Crippen molar-refractivity contribution < 1.29 is 9.47 Å². The maximum atomic E-state index is 5.91. The first-order valence-electron chi connectivity index (χ1n) is 9.52. The molecule has 0 aliphatic rings. The monoisotopic (exact) mass is 354 g/mol. The van der Waals surface area contributed by atoms with Crippen LogP contribution in [0.15, 0.2) is 48.5 Å². The van der Waals surface area contributed by atoms with E-state index in [0.29, 0.717) is 19.1 Å². The van der Waals surface area contributed by atoms with Crippen LogP contribution in [0.4, 0.5) is 0 Å². The molecule has 0 atom stereocenters. The van der Waals surface area contributed by atoms with Crippen molar-refractivity contribution in [1.29, 1.82) is 0 Å². The molecule has 2 heteroatoms. The largest absolute Gasteiger partial charge is 0.493 e. The first kappa shape index (κ1) is 20.4. The van der Waals surface area contributed by atoms with Gasteiger partial charge in [0.05, 0.1) is 13.2 Å². The van der Waals surface area contributed by atoms with Gasteiger partial charge in [-0.05, 0) is 46.2 Å². The summed E-state index contributed by atoms with van der Waals surface area (Å²) in [5.41, 5.74) is 2.98. The summed E-state index contributed by atoms with van der Waals surface area (Å²) in [6.07, 6.45) is 0. The Kier molecular flexibility index (Phi) is 6.39. The highest BCUT2D eigenvalue weighted by atomic mass is 16.5. The van der Waals surface area contributed by atoms with Gasteiger partial charge in [0.25, 0.3) is 0 Å². The smallest absolute Gasteiger partial charge is 0.119 e. The Bertz CT molecular complexity index is 609. The van der Waals surface area contributed by atoms with E-state index in [0.717, 1.165) is 11.5 Å². The molecule has 2 rings (SSSR count). The van der Waals surface area contributed by atoms with Gasteiger partial charge >= 0.3 is 0 Å². The second kappa shape index (κ2) is 8.16. The maximum absolute atomic E-state index is 5.91.